The van der Waals surface area contributed by atoms with Crippen molar-refractivity contribution in [1.29, 1.82) is 0 Å². The van der Waals surface area contributed by atoms with E-state index in [9.17, 15) is 9.90 Å². The number of rotatable bonds is 4. The zero-order valence-corrected chi connectivity index (χ0v) is 15.0. The Hall–Kier alpha value is -1.51. The molecule has 3 nitrogen and oxygen atoms in total. The molecule has 124 valence electrons. The van der Waals surface area contributed by atoms with Crippen molar-refractivity contribution >= 4 is 5.97 Å². The Balaban J connectivity index is 3.28. The summed E-state index contributed by atoms with van der Waals surface area (Å²) in [6, 6.07) is 5.46. The van der Waals surface area contributed by atoms with E-state index in [2.05, 4.69) is 41.5 Å². The Morgan fingerprint density at radius 3 is 2.23 bits per heavy atom. The number of esters is 1. The molecule has 1 N–H and O–H groups in total. The Morgan fingerprint density at radius 1 is 1.18 bits per heavy atom. The van der Waals surface area contributed by atoms with Gasteiger partial charge in [-0.15, -0.1) is 0 Å². The molecular formula is C19H30O3. The molecule has 0 spiro atoms. The molecule has 0 aromatic heterocycles. The first-order chi connectivity index (χ1) is 9.95. The van der Waals surface area contributed by atoms with Crippen LogP contribution < -0.4 is 0 Å². The van der Waals surface area contributed by atoms with Gasteiger partial charge >= 0.3 is 5.97 Å². The minimum Gasteiger partial charge on any atom is -0.508 e. The van der Waals surface area contributed by atoms with Crippen molar-refractivity contribution in [2.75, 3.05) is 6.61 Å². The van der Waals surface area contributed by atoms with Gasteiger partial charge in [0.15, 0.2) is 0 Å². The monoisotopic (exact) mass is 306 g/mol. The first-order valence-corrected chi connectivity index (χ1v) is 7.95. The summed E-state index contributed by atoms with van der Waals surface area (Å²) in [4.78, 5) is 12.4. The van der Waals surface area contributed by atoms with Crippen molar-refractivity contribution < 1.29 is 14.6 Å². The number of hydrogen-bond acceptors (Lipinski definition) is 3. The molecule has 0 amide bonds. The zero-order chi connectivity index (χ0) is 17.1. The van der Waals surface area contributed by atoms with Gasteiger partial charge < -0.3 is 9.84 Å². The molecule has 0 bridgehead atoms. The quantitative estimate of drug-likeness (QED) is 0.815. The molecule has 3 heteroatoms. The number of ether oxygens (including phenoxy) is 1. The van der Waals surface area contributed by atoms with E-state index in [0.717, 1.165) is 11.1 Å². The average Bonchev–Trinajstić information content (AvgIpc) is 2.34. The highest BCUT2D eigenvalue weighted by atomic mass is 16.5. The van der Waals surface area contributed by atoms with Crippen LogP contribution in [0.3, 0.4) is 0 Å². The molecule has 0 aliphatic heterocycles. The van der Waals surface area contributed by atoms with E-state index in [-0.39, 0.29) is 28.5 Å². The SMILES string of the molecule is CCOC(=O)C(CC(C)(C)C)c1ccc(O)c(C(C)(C)C)c1. The van der Waals surface area contributed by atoms with Crippen LogP contribution in [-0.2, 0) is 14.9 Å². The van der Waals surface area contributed by atoms with Crippen molar-refractivity contribution in [3.8, 4) is 5.75 Å². The highest BCUT2D eigenvalue weighted by molar-refractivity contribution is 5.78. The van der Waals surface area contributed by atoms with Crippen LogP contribution in [0.1, 0.15) is 71.9 Å². The number of carbonyl (C=O) groups excluding carboxylic acids is 1. The van der Waals surface area contributed by atoms with Crippen molar-refractivity contribution in [2.24, 2.45) is 5.41 Å². The fourth-order valence-electron chi connectivity index (χ4n) is 2.56. The molecule has 0 aliphatic carbocycles. The van der Waals surface area contributed by atoms with Crippen LogP contribution in [0.2, 0.25) is 0 Å². The summed E-state index contributed by atoms with van der Waals surface area (Å²) in [5.41, 5.74) is 1.60. The van der Waals surface area contributed by atoms with E-state index >= 15 is 0 Å². The van der Waals surface area contributed by atoms with Crippen molar-refractivity contribution in [3.05, 3.63) is 29.3 Å². The fourth-order valence-corrected chi connectivity index (χ4v) is 2.56. The van der Waals surface area contributed by atoms with Crippen LogP contribution in [0.25, 0.3) is 0 Å². The molecule has 1 rings (SSSR count). The third-order valence-corrected chi connectivity index (χ3v) is 3.62. The summed E-state index contributed by atoms with van der Waals surface area (Å²) in [6.45, 7) is 14.7. The minimum atomic E-state index is -0.304. The van der Waals surface area contributed by atoms with Crippen molar-refractivity contribution in [3.63, 3.8) is 0 Å². The number of aromatic hydroxyl groups is 1. The van der Waals surface area contributed by atoms with Gasteiger partial charge in [-0.1, -0.05) is 53.7 Å². The minimum absolute atomic E-state index is 0.0111. The largest absolute Gasteiger partial charge is 0.508 e. The van der Waals surface area contributed by atoms with Crippen molar-refractivity contribution in [2.45, 2.75) is 66.2 Å². The van der Waals surface area contributed by atoms with Crippen LogP contribution in [-0.4, -0.2) is 17.7 Å². The van der Waals surface area contributed by atoms with Crippen molar-refractivity contribution in [1.82, 2.24) is 0 Å². The number of benzene rings is 1. The Kier molecular flexibility index (Phi) is 5.66. The first kappa shape index (κ1) is 18.5. The second kappa shape index (κ2) is 6.72. The standard InChI is InChI=1S/C19H30O3/c1-8-22-17(21)14(12-18(2,3)4)13-9-10-16(20)15(11-13)19(5,6)7/h9-11,14,20H,8,12H2,1-7H3. The molecule has 1 atom stereocenters. The normalized spacial score (nSPS) is 13.8. The van der Waals surface area contributed by atoms with E-state index in [0.29, 0.717) is 13.0 Å². The summed E-state index contributed by atoms with van der Waals surface area (Å²) in [6.07, 6.45) is 0.709. The summed E-state index contributed by atoms with van der Waals surface area (Å²) in [5.74, 6) is -0.223. The summed E-state index contributed by atoms with van der Waals surface area (Å²) >= 11 is 0. The van der Waals surface area contributed by atoms with Gasteiger partial charge in [-0.05, 0) is 41.4 Å². The molecule has 0 aliphatic rings. The number of phenols is 1. The van der Waals surface area contributed by atoms with Gasteiger partial charge in [0.1, 0.15) is 5.75 Å². The number of carbonyl (C=O) groups is 1. The van der Waals surface area contributed by atoms with Crippen LogP contribution >= 0.6 is 0 Å². The van der Waals surface area contributed by atoms with Gasteiger partial charge in [0.2, 0.25) is 0 Å². The second-order valence-corrected chi connectivity index (χ2v) is 8.10. The lowest BCUT2D eigenvalue weighted by Gasteiger charge is -2.27. The summed E-state index contributed by atoms with van der Waals surface area (Å²) < 4.78 is 5.26. The maximum atomic E-state index is 12.4. The number of hydrogen-bond donors (Lipinski definition) is 1. The maximum Gasteiger partial charge on any atom is 0.313 e. The topological polar surface area (TPSA) is 46.5 Å². The summed E-state index contributed by atoms with van der Waals surface area (Å²) in [5, 5.41) is 10.1. The molecular weight excluding hydrogens is 276 g/mol. The zero-order valence-electron chi connectivity index (χ0n) is 15.0. The van der Waals surface area contributed by atoms with E-state index in [1.54, 1.807) is 6.07 Å². The van der Waals surface area contributed by atoms with E-state index in [1.165, 1.54) is 0 Å². The van der Waals surface area contributed by atoms with E-state index < -0.39 is 0 Å². The van der Waals surface area contributed by atoms with Crippen LogP contribution in [0.4, 0.5) is 0 Å². The third-order valence-electron chi connectivity index (χ3n) is 3.62. The molecule has 22 heavy (non-hydrogen) atoms. The predicted molar refractivity (Wildman–Crippen MR) is 90.3 cm³/mol. The van der Waals surface area contributed by atoms with E-state index in [4.69, 9.17) is 4.74 Å². The van der Waals surface area contributed by atoms with Crippen LogP contribution in [0, 0.1) is 5.41 Å². The smallest absolute Gasteiger partial charge is 0.313 e. The Morgan fingerprint density at radius 2 is 1.77 bits per heavy atom. The van der Waals surface area contributed by atoms with Gasteiger partial charge in [-0.3, -0.25) is 4.79 Å². The third kappa shape index (κ3) is 5.04. The molecule has 1 aromatic rings. The van der Waals surface area contributed by atoms with Gasteiger partial charge in [0, 0.05) is 0 Å². The van der Waals surface area contributed by atoms with Gasteiger partial charge in [-0.25, -0.2) is 0 Å². The molecule has 0 heterocycles. The Bertz CT molecular complexity index is 518. The lowest BCUT2D eigenvalue weighted by Crippen LogP contribution is -2.22. The molecule has 0 fully saturated rings. The van der Waals surface area contributed by atoms with Gasteiger partial charge in [-0.2, -0.15) is 0 Å². The summed E-state index contributed by atoms with van der Waals surface area (Å²) in [7, 11) is 0. The maximum absolute atomic E-state index is 12.4. The van der Waals surface area contributed by atoms with Crippen LogP contribution in [0.5, 0.6) is 5.75 Å². The lowest BCUT2D eigenvalue weighted by atomic mass is 9.79. The first-order valence-electron chi connectivity index (χ1n) is 7.95. The number of phenolic OH excluding ortho intramolecular Hbond substituents is 1. The highest BCUT2D eigenvalue weighted by Gasteiger charge is 2.29. The van der Waals surface area contributed by atoms with E-state index in [1.807, 2.05) is 19.1 Å². The predicted octanol–water partition coefficient (Wildman–Crippen LogP) is 4.77. The average molecular weight is 306 g/mol. The lowest BCUT2D eigenvalue weighted by molar-refractivity contribution is -0.145. The molecule has 0 saturated carbocycles. The molecule has 0 saturated heterocycles. The second-order valence-electron chi connectivity index (χ2n) is 8.10. The Labute approximate surface area is 134 Å². The molecule has 1 unspecified atom stereocenters. The van der Waals surface area contributed by atoms with Gasteiger partial charge in [0.05, 0.1) is 12.5 Å². The molecule has 0 radical (unpaired) electrons. The fraction of sp³-hybridized carbons (Fsp3) is 0.632. The highest BCUT2D eigenvalue weighted by Crippen LogP contribution is 2.37. The molecule has 1 aromatic carbocycles. The van der Waals surface area contributed by atoms with Crippen LogP contribution in [0.15, 0.2) is 18.2 Å². The van der Waals surface area contributed by atoms with Gasteiger partial charge in [0.25, 0.3) is 0 Å².